The zero-order valence-corrected chi connectivity index (χ0v) is 23.6. The third kappa shape index (κ3) is 5.03. The molecule has 2 aromatic rings. The number of nitrogens with zero attached hydrogens (tertiary/aromatic N) is 2. The Hall–Kier alpha value is -2.90. The molecule has 0 bridgehead atoms. The number of aryl methyl sites for hydroxylation is 1. The van der Waals surface area contributed by atoms with Crippen LogP contribution in [0.25, 0.3) is 0 Å². The molecule has 4 aliphatic rings. The third-order valence-electron chi connectivity index (χ3n) is 10.9. The van der Waals surface area contributed by atoms with Crippen molar-refractivity contribution >= 4 is 11.8 Å². The minimum Gasteiger partial charge on any atom is -0.508 e. The van der Waals surface area contributed by atoms with Gasteiger partial charge in [-0.15, -0.1) is 0 Å². The molecule has 40 heavy (non-hydrogen) atoms. The molecule has 7 nitrogen and oxygen atoms in total. The van der Waals surface area contributed by atoms with Gasteiger partial charge in [0.05, 0.1) is 18.6 Å². The Morgan fingerprint density at radius 3 is 2.55 bits per heavy atom. The van der Waals surface area contributed by atoms with E-state index in [1.807, 2.05) is 47.4 Å². The Labute approximate surface area is 237 Å². The number of piperazine rings is 1. The van der Waals surface area contributed by atoms with Gasteiger partial charge >= 0.3 is 0 Å². The highest BCUT2D eigenvalue weighted by Crippen LogP contribution is 2.64. The standard InChI is InChI=1S/C33H43N3O4/c1-32-13-11-27-26-10-8-25(37)20-24(26)7-9-28(27)29(32)12-14-33(32,40)22-35-15-17-36(18-16-35)31(39)21-34-30(38)19-23-5-3-2-4-6-23/h2-6,8,10,20,27-29,37,40H,7,9,11-19,21-22H2,1H3,(H,34,38)/t27-,28-,29+,32+,33-/m1/s1. The summed E-state index contributed by atoms with van der Waals surface area (Å²) in [4.78, 5) is 29.2. The molecule has 214 valence electrons. The largest absolute Gasteiger partial charge is 0.508 e. The molecule has 3 fully saturated rings. The van der Waals surface area contributed by atoms with Gasteiger partial charge < -0.3 is 20.4 Å². The van der Waals surface area contributed by atoms with Gasteiger partial charge in [0.2, 0.25) is 11.8 Å². The van der Waals surface area contributed by atoms with E-state index in [0.717, 1.165) is 57.2 Å². The van der Waals surface area contributed by atoms with E-state index in [9.17, 15) is 19.8 Å². The number of aliphatic hydroxyl groups is 1. The van der Waals surface area contributed by atoms with Crippen LogP contribution in [0.1, 0.15) is 61.6 Å². The number of phenolic OH excluding ortho intramolecular Hbond substituents is 1. The Balaban J connectivity index is 1.01. The minimum atomic E-state index is -0.713. The summed E-state index contributed by atoms with van der Waals surface area (Å²) >= 11 is 0. The molecule has 0 unspecified atom stereocenters. The maximum absolute atomic E-state index is 12.8. The molecule has 0 aromatic heterocycles. The van der Waals surface area contributed by atoms with Crippen molar-refractivity contribution in [3.8, 4) is 5.75 Å². The zero-order valence-electron chi connectivity index (χ0n) is 23.6. The van der Waals surface area contributed by atoms with Crippen LogP contribution in [0.15, 0.2) is 48.5 Å². The van der Waals surface area contributed by atoms with Gasteiger partial charge in [-0.2, -0.15) is 0 Å². The second-order valence-corrected chi connectivity index (χ2v) is 12.9. The van der Waals surface area contributed by atoms with Crippen LogP contribution in [0, 0.1) is 17.3 Å². The van der Waals surface area contributed by atoms with Crippen molar-refractivity contribution in [3.05, 3.63) is 65.2 Å². The molecule has 2 amide bonds. The molecule has 5 atom stereocenters. The number of nitrogens with one attached hydrogen (secondary N) is 1. The molecule has 2 aromatic carbocycles. The van der Waals surface area contributed by atoms with E-state index in [4.69, 9.17) is 0 Å². The number of aromatic hydroxyl groups is 1. The second kappa shape index (κ2) is 10.8. The number of hydrogen-bond donors (Lipinski definition) is 3. The van der Waals surface area contributed by atoms with E-state index in [1.165, 1.54) is 11.1 Å². The Morgan fingerprint density at radius 1 is 1.00 bits per heavy atom. The first-order valence-corrected chi connectivity index (χ1v) is 15.1. The molecule has 6 rings (SSSR count). The van der Waals surface area contributed by atoms with Gasteiger partial charge in [-0.05, 0) is 85.1 Å². The smallest absolute Gasteiger partial charge is 0.242 e. The number of fused-ring (bicyclic) bond motifs is 5. The molecule has 1 aliphatic heterocycles. The van der Waals surface area contributed by atoms with Gasteiger partial charge in [-0.3, -0.25) is 14.5 Å². The lowest BCUT2D eigenvalue weighted by Gasteiger charge is -2.54. The van der Waals surface area contributed by atoms with Crippen molar-refractivity contribution in [2.24, 2.45) is 17.3 Å². The first-order valence-electron chi connectivity index (χ1n) is 15.1. The fraction of sp³-hybridized carbons (Fsp3) is 0.576. The average molecular weight is 546 g/mol. The second-order valence-electron chi connectivity index (χ2n) is 12.9. The number of β-amino-alcohol motifs (C(OH)–C–C–N with tert-alkyl or cyclic N) is 1. The van der Waals surface area contributed by atoms with Crippen LogP contribution in [0.5, 0.6) is 5.75 Å². The summed E-state index contributed by atoms with van der Waals surface area (Å²) in [5.41, 5.74) is 2.85. The predicted octanol–water partition coefficient (Wildman–Crippen LogP) is 3.48. The lowest BCUT2D eigenvalue weighted by atomic mass is 9.53. The summed E-state index contributed by atoms with van der Waals surface area (Å²) in [6.07, 6.45) is 6.46. The molecule has 3 aliphatic carbocycles. The normalized spacial score (nSPS) is 31.6. The van der Waals surface area contributed by atoms with Crippen molar-refractivity contribution in [3.63, 3.8) is 0 Å². The first kappa shape index (κ1) is 27.3. The SMILES string of the molecule is C[C@]12CC[C@@H]3c4ccc(O)cc4CC[C@H]3[C@@H]1CC[C@@]2(O)CN1CCN(C(=O)CNC(=O)Cc2ccccc2)CC1. The van der Waals surface area contributed by atoms with E-state index in [2.05, 4.69) is 23.2 Å². The van der Waals surface area contributed by atoms with Crippen LogP contribution in [-0.4, -0.2) is 76.7 Å². The maximum Gasteiger partial charge on any atom is 0.242 e. The fourth-order valence-electron chi connectivity index (χ4n) is 8.59. The Kier molecular flexibility index (Phi) is 7.38. The lowest BCUT2D eigenvalue weighted by molar-refractivity contribution is -0.137. The molecule has 0 spiro atoms. The highest BCUT2D eigenvalue weighted by molar-refractivity contribution is 5.85. The monoisotopic (exact) mass is 545 g/mol. The van der Waals surface area contributed by atoms with Gasteiger partial charge in [0.1, 0.15) is 5.75 Å². The predicted molar refractivity (Wildman–Crippen MR) is 154 cm³/mol. The first-order chi connectivity index (χ1) is 19.3. The van der Waals surface area contributed by atoms with Gasteiger partial charge in [-0.25, -0.2) is 0 Å². The van der Waals surface area contributed by atoms with Crippen molar-refractivity contribution < 1.29 is 19.8 Å². The zero-order chi connectivity index (χ0) is 27.9. The molecular formula is C33H43N3O4. The number of carbonyl (C=O) groups is 2. The summed E-state index contributed by atoms with van der Waals surface area (Å²) in [6, 6.07) is 15.5. The summed E-state index contributed by atoms with van der Waals surface area (Å²) in [7, 11) is 0. The van der Waals surface area contributed by atoms with Crippen LogP contribution >= 0.6 is 0 Å². The fourth-order valence-corrected chi connectivity index (χ4v) is 8.59. The number of carbonyl (C=O) groups excluding carboxylic acids is 2. The summed E-state index contributed by atoms with van der Waals surface area (Å²) in [5.74, 6) is 1.82. The minimum absolute atomic E-state index is 0.0284. The van der Waals surface area contributed by atoms with Crippen molar-refractivity contribution in [1.29, 1.82) is 0 Å². The van der Waals surface area contributed by atoms with E-state index in [0.29, 0.717) is 43.1 Å². The van der Waals surface area contributed by atoms with Crippen molar-refractivity contribution in [1.82, 2.24) is 15.1 Å². The number of amides is 2. The highest BCUT2D eigenvalue weighted by atomic mass is 16.3. The number of hydrogen-bond acceptors (Lipinski definition) is 5. The van der Waals surface area contributed by atoms with Crippen LogP contribution < -0.4 is 5.32 Å². The molecule has 0 radical (unpaired) electrons. The lowest BCUT2D eigenvalue weighted by Crippen LogP contribution is -2.59. The van der Waals surface area contributed by atoms with Gasteiger partial charge in [0.15, 0.2) is 0 Å². The molecule has 1 saturated heterocycles. The van der Waals surface area contributed by atoms with Crippen LogP contribution in [0.2, 0.25) is 0 Å². The summed E-state index contributed by atoms with van der Waals surface area (Å²) in [5, 5.41) is 24.9. The maximum atomic E-state index is 12.8. The van der Waals surface area contributed by atoms with Crippen LogP contribution in [0.4, 0.5) is 0 Å². The summed E-state index contributed by atoms with van der Waals surface area (Å²) in [6.45, 7) is 5.77. The highest BCUT2D eigenvalue weighted by Gasteiger charge is 2.61. The van der Waals surface area contributed by atoms with Crippen LogP contribution in [0.3, 0.4) is 0 Å². The van der Waals surface area contributed by atoms with E-state index >= 15 is 0 Å². The average Bonchev–Trinajstić information content (AvgIpc) is 3.22. The number of phenols is 1. The molecule has 3 N–H and O–H groups in total. The van der Waals surface area contributed by atoms with E-state index in [-0.39, 0.29) is 30.2 Å². The summed E-state index contributed by atoms with van der Waals surface area (Å²) < 4.78 is 0. The van der Waals surface area contributed by atoms with Crippen molar-refractivity contribution in [2.75, 3.05) is 39.3 Å². The van der Waals surface area contributed by atoms with Gasteiger partial charge in [-0.1, -0.05) is 43.3 Å². The molecule has 7 heteroatoms. The third-order valence-corrected chi connectivity index (χ3v) is 10.9. The van der Waals surface area contributed by atoms with E-state index < -0.39 is 5.60 Å². The number of rotatable bonds is 6. The molecule has 1 heterocycles. The number of benzene rings is 2. The Bertz CT molecular complexity index is 1240. The molecular weight excluding hydrogens is 502 g/mol. The quantitative estimate of drug-likeness (QED) is 0.517. The molecule has 2 saturated carbocycles. The van der Waals surface area contributed by atoms with Crippen molar-refractivity contribution in [2.45, 2.75) is 63.4 Å². The Morgan fingerprint density at radius 2 is 1.77 bits per heavy atom. The van der Waals surface area contributed by atoms with Gasteiger partial charge in [0.25, 0.3) is 0 Å². The topological polar surface area (TPSA) is 93.1 Å². The van der Waals surface area contributed by atoms with E-state index in [1.54, 1.807) is 0 Å². The van der Waals surface area contributed by atoms with Gasteiger partial charge in [0, 0.05) is 38.1 Å². The van der Waals surface area contributed by atoms with Crippen LogP contribution in [-0.2, 0) is 22.4 Å².